The van der Waals surface area contributed by atoms with Gasteiger partial charge in [0, 0.05) is 0 Å². The van der Waals surface area contributed by atoms with Crippen LogP contribution in [0.25, 0.3) is 0 Å². The summed E-state index contributed by atoms with van der Waals surface area (Å²) >= 11 is 0. The number of aliphatic hydroxyl groups is 3. The van der Waals surface area contributed by atoms with Crippen LogP contribution in [-0.2, 0) is 30.4 Å². The van der Waals surface area contributed by atoms with E-state index < -0.39 is 40.8 Å². The summed E-state index contributed by atoms with van der Waals surface area (Å²) < 4.78 is 40.8. The Balaban J connectivity index is 1.67. The van der Waals surface area contributed by atoms with Crippen LogP contribution in [0.15, 0.2) is 59.5 Å². The molecular formula is C20H24O8S. The first-order chi connectivity index (χ1) is 13.8. The first-order valence-electron chi connectivity index (χ1n) is 9.09. The minimum Gasteiger partial charge on any atom is -0.387 e. The second-order valence-electron chi connectivity index (χ2n) is 6.88. The Morgan fingerprint density at radius 2 is 1.62 bits per heavy atom. The molecule has 2 aromatic carbocycles. The molecule has 1 aliphatic heterocycles. The van der Waals surface area contributed by atoms with E-state index in [9.17, 15) is 23.7 Å². The van der Waals surface area contributed by atoms with Gasteiger partial charge in [0.2, 0.25) is 0 Å². The van der Waals surface area contributed by atoms with E-state index in [0.29, 0.717) is 0 Å². The average Bonchev–Trinajstić information content (AvgIpc) is 2.70. The van der Waals surface area contributed by atoms with Gasteiger partial charge in [0.05, 0.1) is 18.1 Å². The maximum Gasteiger partial charge on any atom is 0.297 e. The lowest BCUT2D eigenvalue weighted by Crippen LogP contribution is -2.60. The largest absolute Gasteiger partial charge is 0.387 e. The zero-order valence-corrected chi connectivity index (χ0v) is 16.6. The van der Waals surface area contributed by atoms with Gasteiger partial charge < -0.3 is 24.8 Å². The molecule has 0 aliphatic carbocycles. The van der Waals surface area contributed by atoms with Crippen LogP contribution < -0.4 is 0 Å². The third kappa shape index (κ3) is 5.40. The summed E-state index contributed by atoms with van der Waals surface area (Å²) in [6.07, 6.45) is -7.73. The van der Waals surface area contributed by atoms with Crippen LogP contribution >= 0.6 is 0 Å². The smallest absolute Gasteiger partial charge is 0.297 e. The normalized spacial score (nSPS) is 27.7. The van der Waals surface area contributed by atoms with Gasteiger partial charge in [-0.15, -0.1) is 0 Å². The number of benzene rings is 2. The monoisotopic (exact) mass is 424 g/mol. The summed E-state index contributed by atoms with van der Waals surface area (Å²) in [5, 5.41) is 30.6. The van der Waals surface area contributed by atoms with E-state index in [2.05, 4.69) is 0 Å². The molecule has 9 heteroatoms. The number of hydrogen-bond acceptors (Lipinski definition) is 8. The van der Waals surface area contributed by atoms with Crippen LogP contribution in [0.2, 0.25) is 0 Å². The van der Waals surface area contributed by atoms with Crippen molar-refractivity contribution in [3.8, 4) is 0 Å². The topological polar surface area (TPSA) is 123 Å². The molecule has 0 unspecified atom stereocenters. The molecule has 5 atom stereocenters. The Morgan fingerprint density at radius 1 is 0.966 bits per heavy atom. The molecule has 0 amide bonds. The van der Waals surface area contributed by atoms with Crippen LogP contribution in [-0.4, -0.2) is 61.1 Å². The molecule has 1 heterocycles. The summed E-state index contributed by atoms with van der Waals surface area (Å²) in [7, 11) is -4.28. The second kappa shape index (κ2) is 9.31. The van der Waals surface area contributed by atoms with Gasteiger partial charge in [0.25, 0.3) is 10.1 Å². The highest BCUT2D eigenvalue weighted by Crippen LogP contribution is 2.26. The van der Waals surface area contributed by atoms with Gasteiger partial charge in [0.1, 0.15) is 24.4 Å². The Hall–Kier alpha value is -1.85. The second-order valence-corrected chi connectivity index (χ2v) is 8.45. The third-order valence-electron chi connectivity index (χ3n) is 4.60. The molecule has 8 nitrogen and oxygen atoms in total. The third-order valence-corrected chi connectivity index (χ3v) is 5.93. The van der Waals surface area contributed by atoms with Gasteiger partial charge >= 0.3 is 0 Å². The van der Waals surface area contributed by atoms with Gasteiger partial charge in [-0.2, -0.15) is 8.42 Å². The molecule has 29 heavy (non-hydrogen) atoms. The van der Waals surface area contributed by atoms with Crippen molar-refractivity contribution < 1.29 is 37.4 Å². The highest BCUT2D eigenvalue weighted by molar-refractivity contribution is 7.86. The Labute approximate surface area is 169 Å². The maximum absolute atomic E-state index is 12.5. The molecule has 3 N–H and O–H groups in total. The van der Waals surface area contributed by atoms with E-state index in [4.69, 9.17) is 13.7 Å². The van der Waals surface area contributed by atoms with Gasteiger partial charge in [-0.05, 0) is 24.6 Å². The molecule has 158 valence electrons. The maximum atomic E-state index is 12.5. The van der Waals surface area contributed by atoms with Crippen molar-refractivity contribution in [2.45, 2.75) is 49.1 Å². The van der Waals surface area contributed by atoms with E-state index >= 15 is 0 Å². The van der Waals surface area contributed by atoms with Gasteiger partial charge in [-0.1, -0.05) is 48.0 Å². The van der Waals surface area contributed by atoms with Crippen molar-refractivity contribution in [3.63, 3.8) is 0 Å². The van der Waals surface area contributed by atoms with E-state index in [1.807, 2.05) is 30.3 Å². The molecule has 1 saturated heterocycles. The van der Waals surface area contributed by atoms with E-state index in [0.717, 1.165) is 11.1 Å². The molecule has 3 rings (SSSR count). The summed E-state index contributed by atoms with van der Waals surface area (Å²) in [4.78, 5) is -0.125. The summed E-state index contributed by atoms with van der Waals surface area (Å²) in [6, 6.07) is 15.2. The van der Waals surface area contributed by atoms with Crippen molar-refractivity contribution >= 4 is 10.1 Å². The fraction of sp³-hybridized carbons (Fsp3) is 0.400. The fourth-order valence-electron chi connectivity index (χ4n) is 2.94. The Bertz CT molecular complexity index is 884. The molecule has 0 aromatic heterocycles. The van der Waals surface area contributed by atoms with Crippen molar-refractivity contribution in [2.75, 3.05) is 6.61 Å². The van der Waals surface area contributed by atoms with E-state index in [1.54, 1.807) is 19.1 Å². The average molecular weight is 424 g/mol. The summed E-state index contributed by atoms with van der Waals surface area (Å²) in [5.74, 6) is 0. The first kappa shape index (κ1) is 21.8. The van der Waals surface area contributed by atoms with Gasteiger partial charge in [-0.25, -0.2) is 0 Å². The highest BCUT2D eigenvalue weighted by Gasteiger charge is 2.47. The van der Waals surface area contributed by atoms with Gasteiger partial charge in [-0.3, -0.25) is 4.18 Å². The lowest BCUT2D eigenvalue weighted by Gasteiger charge is -2.39. The predicted octanol–water partition coefficient (Wildman–Crippen LogP) is 0.725. The number of aryl methyl sites for hydroxylation is 1. The highest BCUT2D eigenvalue weighted by atomic mass is 32.2. The van der Waals surface area contributed by atoms with Crippen LogP contribution in [0.3, 0.4) is 0 Å². The van der Waals surface area contributed by atoms with Crippen LogP contribution in [0.5, 0.6) is 0 Å². The van der Waals surface area contributed by atoms with E-state index in [1.165, 1.54) is 12.1 Å². The van der Waals surface area contributed by atoms with Crippen molar-refractivity contribution in [3.05, 3.63) is 65.7 Å². The quantitative estimate of drug-likeness (QED) is 0.556. The van der Waals surface area contributed by atoms with Crippen molar-refractivity contribution in [2.24, 2.45) is 0 Å². The minimum atomic E-state index is -4.28. The number of rotatable bonds is 7. The standard InChI is InChI=1S/C20H24O8S/c1-13-7-9-15(10-8-13)29(24,25)28-19-17(21)16(27-20(23)18(19)22)12-26-11-14-5-3-2-4-6-14/h2-10,16-23H,11-12H2,1H3/t16-,17-,18-,19+,20-/m1/s1. The molecular weight excluding hydrogens is 400 g/mol. The summed E-state index contributed by atoms with van der Waals surface area (Å²) in [6.45, 7) is 1.91. The Morgan fingerprint density at radius 3 is 2.28 bits per heavy atom. The fourth-order valence-corrected chi connectivity index (χ4v) is 4.04. The molecule has 0 radical (unpaired) electrons. The first-order valence-corrected chi connectivity index (χ1v) is 10.5. The Kier molecular flexibility index (Phi) is 7.01. The summed E-state index contributed by atoms with van der Waals surface area (Å²) in [5.41, 5.74) is 1.76. The van der Waals surface area contributed by atoms with Crippen LogP contribution in [0.4, 0.5) is 0 Å². The number of ether oxygens (including phenoxy) is 2. The lowest BCUT2D eigenvalue weighted by molar-refractivity contribution is -0.284. The molecule has 0 spiro atoms. The minimum absolute atomic E-state index is 0.125. The van der Waals surface area contributed by atoms with Crippen molar-refractivity contribution in [1.82, 2.24) is 0 Å². The molecule has 1 aliphatic rings. The van der Waals surface area contributed by atoms with Gasteiger partial charge in [0.15, 0.2) is 6.29 Å². The lowest BCUT2D eigenvalue weighted by atomic mass is 9.99. The predicted molar refractivity (Wildman–Crippen MR) is 102 cm³/mol. The van der Waals surface area contributed by atoms with Crippen molar-refractivity contribution in [1.29, 1.82) is 0 Å². The molecule has 0 bridgehead atoms. The molecule has 0 saturated carbocycles. The zero-order valence-electron chi connectivity index (χ0n) is 15.8. The molecule has 1 fully saturated rings. The van der Waals surface area contributed by atoms with Crippen LogP contribution in [0, 0.1) is 6.92 Å². The van der Waals surface area contributed by atoms with E-state index in [-0.39, 0.29) is 18.1 Å². The molecule has 2 aromatic rings. The SMILES string of the molecule is Cc1ccc(S(=O)(=O)O[C@@H]2[C@@H](O)[C@H](O)O[C@H](COCc3ccccc3)[C@H]2O)cc1. The number of hydrogen-bond donors (Lipinski definition) is 3. The zero-order chi connectivity index (χ0) is 21.0. The number of aliphatic hydroxyl groups excluding tert-OH is 3. The van der Waals surface area contributed by atoms with Crippen LogP contribution in [0.1, 0.15) is 11.1 Å².